The molecule has 38 heavy (non-hydrogen) atoms. The van der Waals surface area contributed by atoms with Crippen molar-refractivity contribution in [1.82, 2.24) is 14.9 Å². The van der Waals surface area contributed by atoms with Gasteiger partial charge in [-0.2, -0.15) is 0 Å². The van der Waals surface area contributed by atoms with Gasteiger partial charge in [-0.05, 0) is 72.9 Å². The monoisotopic (exact) mass is 569 g/mol. The second-order valence-corrected chi connectivity index (χ2v) is 9.74. The molecule has 5 rings (SSSR count). The first-order valence-corrected chi connectivity index (χ1v) is 12.8. The van der Waals surface area contributed by atoms with Gasteiger partial charge in [0.05, 0.1) is 27.5 Å². The van der Waals surface area contributed by atoms with E-state index in [0.29, 0.717) is 27.2 Å². The van der Waals surface area contributed by atoms with Crippen LogP contribution in [0.15, 0.2) is 79.1 Å². The minimum absolute atomic E-state index is 0.0261. The van der Waals surface area contributed by atoms with Crippen molar-refractivity contribution in [1.29, 1.82) is 0 Å². The van der Waals surface area contributed by atoms with E-state index in [-0.39, 0.29) is 29.6 Å². The van der Waals surface area contributed by atoms with Crippen molar-refractivity contribution in [3.8, 4) is 5.69 Å². The van der Waals surface area contributed by atoms with E-state index >= 15 is 0 Å². The van der Waals surface area contributed by atoms with Gasteiger partial charge in [0.2, 0.25) is 5.91 Å². The van der Waals surface area contributed by atoms with E-state index in [9.17, 15) is 9.18 Å². The highest BCUT2D eigenvalue weighted by molar-refractivity contribution is 7.80. The highest BCUT2D eigenvalue weighted by Crippen LogP contribution is 2.43. The van der Waals surface area contributed by atoms with Gasteiger partial charge in [0.25, 0.3) is 0 Å². The number of nitrogens with zero attached hydrogens (tertiary/aromatic N) is 3. The van der Waals surface area contributed by atoms with Crippen LogP contribution in [0.1, 0.15) is 23.5 Å². The fourth-order valence-electron chi connectivity index (χ4n) is 4.51. The number of pyridine rings is 1. The largest absolute Gasteiger partial charge is 0.375 e. The van der Waals surface area contributed by atoms with E-state index in [0.717, 1.165) is 11.4 Å². The first-order chi connectivity index (χ1) is 18.4. The Morgan fingerprint density at radius 2 is 1.89 bits per heavy atom. The molecule has 2 atom stereocenters. The van der Waals surface area contributed by atoms with Crippen LogP contribution in [0.2, 0.25) is 10.0 Å². The molecule has 2 aromatic heterocycles. The maximum Gasteiger partial charge on any atom is 0.250 e. The molecule has 0 unspecified atom stereocenters. The maximum absolute atomic E-state index is 13.9. The van der Waals surface area contributed by atoms with Crippen molar-refractivity contribution in [2.75, 3.05) is 23.9 Å². The lowest BCUT2D eigenvalue weighted by atomic mass is 10.0. The first kappa shape index (κ1) is 26.1. The molecular formula is C27H22Cl2FN5O2S. The van der Waals surface area contributed by atoms with Crippen LogP contribution < -0.4 is 15.5 Å². The lowest BCUT2D eigenvalue weighted by Gasteiger charge is -2.29. The summed E-state index contributed by atoms with van der Waals surface area (Å²) >= 11 is 18.5. The molecule has 0 spiro atoms. The van der Waals surface area contributed by atoms with Crippen molar-refractivity contribution in [2.45, 2.75) is 12.1 Å². The normalized spacial score (nSPS) is 16.9. The Morgan fingerprint density at radius 3 is 2.61 bits per heavy atom. The standard InChI is InChI=1S/C27H22Cl2FN5O2S/c1-37-15-24(36)32-21-10-8-17(14-19(21)29)35-26(25(33-27(35)38)22-5-2-3-11-31-22)23-6-4-12-34(23)16-7-9-20(30)18(28)13-16/h2-14,25-26H,15H2,1H3,(H,32,36)(H,33,38)/t25-,26-/m1/s1. The van der Waals surface area contributed by atoms with E-state index in [2.05, 4.69) is 15.6 Å². The van der Waals surface area contributed by atoms with Crippen molar-refractivity contribution in [3.63, 3.8) is 0 Å². The molecule has 0 bridgehead atoms. The van der Waals surface area contributed by atoms with Crippen LogP contribution >= 0.6 is 35.4 Å². The van der Waals surface area contributed by atoms with Gasteiger partial charge in [0, 0.05) is 36.6 Å². The number of carbonyl (C=O) groups excluding carboxylic acids is 1. The second-order valence-electron chi connectivity index (χ2n) is 8.54. The Hall–Kier alpha value is -3.50. The molecule has 0 saturated carbocycles. The number of ether oxygens (including phenoxy) is 1. The summed E-state index contributed by atoms with van der Waals surface area (Å²) in [6, 6.07) is 18.8. The summed E-state index contributed by atoms with van der Waals surface area (Å²) in [4.78, 5) is 18.5. The second kappa shape index (κ2) is 11.1. The average molecular weight is 570 g/mol. The molecular weight excluding hydrogens is 548 g/mol. The van der Waals surface area contributed by atoms with Gasteiger partial charge in [0.15, 0.2) is 5.11 Å². The van der Waals surface area contributed by atoms with Gasteiger partial charge in [-0.15, -0.1) is 0 Å². The number of aromatic nitrogens is 2. The van der Waals surface area contributed by atoms with Gasteiger partial charge in [-0.1, -0.05) is 29.3 Å². The number of thiocarbonyl (C=S) groups is 1. The molecule has 11 heteroatoms. The Labute approximate surface area is 234 Å². The number of halogens is 3. The molecule has 1 saturated heterocycles. The summed E-state index contributed by atoms with van der Waals surface area (Å²) in [5.41, 5.74) is 3.53. The zero-order valence-corrected chi connectivity index (χ0v) is 22.4. The Morgan fingerprint density at radius 1 is 1.11 bits per heavy atom. The fraction of sp³-hybridized carbons (Fsp3) is 0.148. The molecule has 0 radical (unpaired) electrons. The van der Waals surface area contributed by atoms with Gasteiger partial charge in [-0.25, -0.2) is 4.39 Å². The van der Waals surface area contributed by atoms with Gasteiger partial charge < -0.3 is 24.8 Å². The molecule has 7 nitrogen and oxygen atoms in total. The quantitative estimate of drug-likeness (QED) is 0.263. The first-order valence-electron chi connectivity index (χ1n) is 11.6. The lowest BCUT2D eigenvalue weighted by molar-refractivity contribution is -0.119. The maximum atomic E-state index is 13.9. The minimum Gasteiger partial charge on any atom is -0.375 e. The Kier molecular flexibility index (Phi) is 7.62. The number of carbonyl (C=O) groups is 1. The number of hydrogen-bond acceptors (Lipinski definition) is 4. The third-order valence-electron chi connectivity index (χ3n) is 6.14. The molecule has 2 aromatic carbocycles. The molecule has 4 aromatic rings. The molecule has 194 valence electrons. The number of amides is 1. The molecule has 1 amide bonds. The lowest BCUT2D eigenvalue weighted by Crippen LogP contribution is -2.30. The number of anilines is 2. The summed E-state index contributed by atoms with van der Waals surface area (Å²) in [6.45, 7) is -0.0869. The zero-order chi connectivity index (χ0) is 26.8. The van der Waals surface area contributed by atoms with Gasteiger partial charge >= 0.3 is 0 Å². The zero-order valence-electron chi connectivity index (χ0n) is 20.1. The molecule has 1 fully saturated rings. The van der Waals surface area contributed by atoms with Crippen molar-refractivity contribution in [3.05, 3.63) is 106 Å². The van der Waals surface area contributed by atoms with Crippen LogP contribution in [0, 0.1) is 5.82 Å². The van der Waals surface area contributed by atoms with Crippen LogP contribution in [0.5, 0.6) is 0 Å². The third kappa shape index (κ3) is 5.10. The van der Waals surface area contributed by atoms with Crippen LogP contribution in [-0.2, 0) is 9.53 Å². The van der Waals surface area contributed by atoms with Crippen molar-refractivity contribution in [2.24, 2.45) is 0 Å². The third-order valence-corrected chi connectivity index (χ3v) is 7.06. The number of methoxy groups -OCH3 is 1. The van der Waals surface area contributed by atoms with Crippen LogP contribution in [0.3, 0.4) is 0 Å². The molecule has 1 aliphatic heterocycles. The molecule has 2 N–H and O–H groups in total. The predicted molar refractivity (Wildman–Crippen MR) is 151 cm³/mol. The SMILES string of the molecule is COCC(=O)Nc1ccc(N2C(=S)N[C@H](c3ccccn3)[C@H]2c2cccn2-c2ccc(F)c(Cl)c2)cc1Cl. The summed E-state index contributed by atoms with van der Waals surface area (Å²) in [6.07, 6.45) is 3.61. The number of benzene rings is 2. The van der Waals surface area contributed by atoms with E-state index in [1.54, 1.807) is 30.5 Å². The van der Waals surface area contributed by atoms with E-state index < -0.39 is 5.82 Å². The highest BCUT2D eigenvalue weighted by atomic mass is 35.5. The van der Waals surface area contributed by atoms with E-state index in [1.165, 1.54) is 13.2 Å². The minimum atomic E-state index is -0.492. The Bertz CT molecular complexity index is 1500. The van der Waals surface area contributed by atoms with Crippen LogP contribution in [0.4, 0.5) is 15.8 Å². The number of hydrogen-bond donors (Lipinski definition) is 2. The summed E-state index contributed by atoms with van der Waals surface area (Å²) in [5.74, 6) is -0.808. The summed E-state index contributed by atoms with van der Waals surface area (Å²) in [5, 5.41) is 6.98. The van der Waals surface area contributed by atoms with Crippen LogP contribution in [0.25, 0.3) is 5.69 Å². The smallest absolute Gasteiger partial charge is 0.250 e. The number of rotatable bonds is 7. The molecule has 1 aliphatic rings. The molecule has 3 heterocycles. The van der Waals surface area contributed by atoms with E-state index in [4.69, 9.17) is 40.2 Å². The van der Waals surface area contributed by atoms with Gasteiger partial charge in [-0.3, -0.25) is 9.78 Å². The summed E-state index contributed by atoms with van der Waals surface area (Å²) < 4.78 is 20.7. The average Bonchev–Trinajstić information content (AvgIpc) is 3.52. The topological polar surface area (TPSA) is 71.4 Å². The van der Waals surface area contributed by atoms with E-state index in [1.807, 2.05) is 52.1 Å². The summed E-state index contributed by atoms with van der Waals surface area (Å²) in [7, 11) is 1.44. The number of nitrogens with one attached hydrogen (secondary N) is 2. The van der Waals surface area contributed by atoms with Crippen molar-refractivity contribution < 1.29 is 13.9 Å². The Balaban J connectivity index is 1.59. The predicted octanol–water partition coefficient (Wildman–Crippen LogP) is 6.08. The fourth-order valence-corrected chi connectivity index (χ4v) is 5.25. The highest BCUT2D eigenvalue weighted by Gasteiger charge is 2.42. The van der Waals surface area contributed by atoms with Gasteiger partial charge in [0.1, 0.15) is 18.5 Å². The van der Waals surface area contributed by atoms with Crippen LogP contribution in [-0.4, -0.2) is 34.3 Å². The van der Waals surface area contributed by atoms with Crippen molar-refractivity contribution >= 4 is 57.8 Å². The molecule has 0 aliphatic carbocycles.